The van der Waals surface area contributed by atoms with Gasteiger partial charge in [-0.05, 0) is 25.3 Å². The molecule has 92 valence electrons. The van der Waals surface area contributed by atoms with Crippen LogP contribution in [0.1, 0.15) is 19.8 Å². The Bertz CT molecular complexity index is 251. The lowest BCUT2D eigenvalue weighted by atomic mass is 9.95. The molecule has 0 saturated carbocycles. The van der Waals surface area contributed by atoms with E-state index in [9.17, 15) is 9.90 Å². The first kappa shape index (κ1) is 12.0. The molecule has 0 bridgehead atoms. The summed E-state index contributed by atoms with van der Waals surface area (Å²) in [6, 6.07) is 0. The molecular formula is C12H21NO3. The lowest BCUT2D eigenvalue weighted by molar-refractivity contribution is -0.125. The average Bonchev–Trinajstić information content (AvgIpc) is 2.77. The van der Waals surface area contributed by atoms with Gasteiger partial charge in [0.15, 0.2) is 5.78 Å². The normalized spacial score (nSPS) is 36.5. The van der Waals surface area contributed by atoms with Gasteiger partial charge in [-0.15, -0.1) is 0 Å². The van der Waals surface area contributed by atoms with Gasteiger partial charge >= 0.3 is 0 Å². The minimum atomic E-state index is -0.277. The minimum Gasteiger partial charge on any atom is -0.392 e. The number of hydrogen-bond acceptors (Lipinski definition) is 4. The molecule has 2 heterocycles. The van der Waals surface area contributed by atoms with Crippen LogP contribution >= 0.6 is 0 Å². The van der Waals surface area contributed by atoms with Crippen molar-refractivity contribution in [1.29, 1.82) is 0 Å². The number of piperidine rings is 1. The van der Waals surface area contributed by atoms with Gasteiger partial charge in [0.25, 0.3) is 0 Å². The number of ketones is 1. The van der Waals surface area contributed by atoms with Crippen LogP contribution in [0, 0.1) is 11.8 Å². The maximum absolute atomic E-state index is 11.9. The molecule has 0 spiro atoms. The molecule has 0 aromatic carbocycles. The lowest BCUT2D eigenvalue weighted by Gasteiger charge is -2.34. The zero-order valence-electron chi connectivity index (χ0n) is 9.89. The first-order valence-electron chi connectivity index (χ1n) is 6.17. The molecule has 0 aromatic rings. The minimum absolute atomic E-state index is 0.0940. The molecule has 0 amide bonds. The second kappa shape index (κ2) is 5.25. The number of carbonyl (C=O) groups excluding carboxylic acids is 1. The van der Waals surface area contributed by atoms with Crippen molar-refractivity contribution in [3.05, 3.63) is 0 Å². The van der Waals surface area contributed by atoms with E-state index in [0.29, 0.717) is 25.6 Å². The van der Waals surface area contributed by atoms with Crippen LogP contribution in [-0.4, -0.2) is 54.7 Å². The molecule has 4 nitrogen and oxygen atoms in total. The molecule has 2 aliphatic heterocycles. The smallest absolute Gasteiger partial charge is 0.152 e. The fraction of sp³-hybridized carbons (Fsp3) is 0.917. The van der Waals surface area contributed by atoms with E-state index in [2.05, 4.69) is 11.8 Å². The number of rotatable bonds is 3. The van der Waals surface area contributed by atoms with E-state index in [1.165, 1.54) is 0 Å². The van der Waals surface area contributed by atoms with Crippen molar-refractivity contribution in [3.63, 3.8) is 0 Å². The molecule has 3 atom stereocenters. The van der Waals surface area contributed by atoms with Crippen molar-refractivity contribution in [2.75, 3.05) is 32.8 Å². The van der Waals surface area contributed by atoms with Crippen molar-refractivity contribution < 1.29 is 14.6 Å². The molecule has 1 N–H and O–H groups in total. The van der Waals surface area contributed by atoms with Gasteiger partial charge in [-0.3, -0.25) is 9.69 Å². The quantitative estimate of drug-likeness (QED) is 0.753. The lowest BCUT2D eigenvalue weighted by Crippen LogP contribution is -2.45. The number of likely N-dealkylation sites (tertiary alicyclic amines) is 1. The fourth-order valence-electron chi connectivity index (χ4n) is 2.40. The second-order valence-electron chi connectivity index (χ2n) is 5.10. The topological polar surface area (TPSA) is 49.8 Å². The maximum atomic E-state index is 11.9. The third-order valence-corrected chi connectivity index (χ3v) is 3.77. The van der Waals surface area contributed by atoms with Crippen LogP contribution in [0.3, 0.4) is 0 Å². The first-order valence-corrected chi connectivity index (χ1v) is 6.17. The first-order chi connectivity index (χ1) is 7.66. The summed E-state index contributed by atoms with van der Waals surface area (Å²) in [5.74, 6) is 0.733. The third-order valence-electron chi connectivity index (χ3n) is 3.77. The van der Waals surface area contributed by atoms with Gasteiger partial charge in [0.2, 0.25) is 0 Å². The highest BCUT2D eigenvalue weighted by Crippen LogP contribution is 2.19. The summed E-state index contributed by atoms with van der Waals surface area (Å²) in [5.41, 5.74) is 0. The van der Waals surface area contributed by atoms with Gasteiger partial charge in [-0.2, -0.15) is 0 Å². The Kier molecular flexibility index (Phi) is 3.95. The van der Waals surface area contributed by atoms with Gasteiger partial charge < -0.3 is 9.84 Å². The summed E-state index contributed by atoms with van der Waals surface area (Å²) < 4.78 is 5.22. The SMILES string of the molecule is CC1CCN(CC(=O)C2CCOC2)CC1O. The van der Waals surface area contributed by atoms with Gasteiger partial charge in [0.1, 0.15) is 0 Å². The number of hydrogen-bond donors (Lipinski definition) is 1. The third kappa shape index (κ3) is 2.81. The van der Waals surface area contributed by atoms with E-state index in [1.807, 2.05) is 0 Å². The van der Waals surface area contributed by atoms with Crippen LogP contribution in [0.2, 0.25) is 0 Å². The summed E-state index contributed by atoms with van der Waals surface area (Å²) in [5, 5.41) is 9.75. The van der Waals surface area contributed by atoms with Crippen molar-refractivity contribution in [2.24, 2.45) is 11.8 Å². The predicted octanol–water partition coefficient (Wildman–Crippen LogP) is 0.295. The van der Waals surface area contributed by atoms with E-state index in [1.54, 1.807) is 0 Å². The molecule has 2 fully saturated rings. The second-order valence-corrected chi connectivity index (χ2v) is 5.10. The van der Waals surface area contributed by atoms with Crippen LogP contribution in [0.5, 0.6) is 0 Å². The van der Waals surface area contributed by atoms with Crippen LogP contribution < -0.4 is 0 Å². The number of carbonyl (C=O) groups is 1. The molecule has 3 unspecified atom stereocenters. The average molecular weight is 227 g/mol. The Morgan fingerprint density at radius 1 is 1.50 bits per heavy atom. The van der Waals surface area contributed by atoms with E-state index in [0.717, 1.165) is 26.0 Å². The molecule has 16 heavy (non-hydrogen) atoms. The summed E-state index contributed by atoms with van der Waals surface area (Å²) in [7, 11) is 0. The van der Waals surface area contributed by atoms with Crippen LogP contribution in [0.15, 0.2) is 0 Å². The Balaban J connectivity index is 1.78. The highest BCUT2D eigenvalue weighted by Gasteiger charge is 2.29. The molecule has 0 aromatic heterocycles. The summed E-state index contributed by atoms with van der Waals surface area (Å²) in [6.45, 7) is 5.42. The van der Waals surface area contributed by atoms with E-state index < -0.39 is 0 Å². The molecular weight excluding hydrogens is 206 g/mol. The predicted molar refractivity (Wildman–Crippen MR) is 60.2 cm³/mol. The van der Waals surface area contributed by atoms with Crippen molar-refractivity contribution in [3.8, 4) is 0 Å². The molecule has 2 saturated heterocycles. The van der Waals surface area contributed by atoms with Gasteiger partial charge in [0, 0.05) is 19.1 Å². The van der Waals surface area contributed by atoms with Gasteiger partial charge in [-0.1, -0.05) is 6.92 Å². The van der Waals surface area contributed by atoms with Gasteiger partial charge in [0.05, 0.1) is 19.3 Å². The van der Waals surface area contributed by atoms with E-state index in [-0.39, 0.29) is 17.8 Å². The number of aliphatic hydroxyl groups is 1. The molecule has 4 heteroatoms. The highest BCUT2D eigenvalue weighted by atomic mass is 16.5. The van der Waals surface area contributed by atoms with Crippen LogP contribution in [-0.2, 0) is 9.53 Å². The molecule has 2 rings (SSSR count). The van der Waals surface area contributed by atoms with E-state index in [4.69, 9.17) is 4.74 Å². The van der Waals surface area contributed by atoms with Crippen LogP contribution in [0.25, 0.3) is 0 Å². The zero-order chi connectivity index (χ0) is 11.5. The largest absolute Gasteiger partial charge is 0.392 e. The Hall–Kier alpha value is -0.450. The fourth-order valence-corrected chi connectivity index (χ4v) is 2.40. The Morgan fingerprint density at radius 2 is 2.31 bits per heavy atom. The Morgan fingerprint density at radius 3 is 2.94 bits per heavy atom. The number of Topliss-reactive ketones (excluding diaryl/α,β-unsaturated/α-hetero) is 1. The van der Waals surface area contributed by atoms with Crippen molar-refractivity contribution >= 4 is 5.78 Å². The highest BCUT2D eigenvalue weighted by molar-refractivity contribution is 5.83. The number of nitrogens with zero attached hydrogens (tertiary/aromatic N) is 1. The monoisotopic (exact) mass is 227 g/mol. The maximum Gasteiger partial charge on any atom is 0.152 e. The number of ether oxygens (including phenoxy) is 1. The summed E-state index contributed by atoms with van der Waals surface area (Å²) >= 11 is 0. The van der Waals surface area contributed by atoms with E-state index >= 15 is 0 Å². The Labute approximate surface area is 96.6 Å². The van der Waals surface area contributed by atoms with Crippen molar-refractivity contribution in [2.45, 2.75) is 25.9 Å². The molecule has 2 aliphatic rings. The molecule has 0 aliphatic carbocycles. The standard InChI is InChI=1S/C12H21NO3/c1-9-2-4-13(6-11(9)14)7-12(15)10-3-5-16-8-10/h9-11,14H,2-8H2,1H3. The van der Waals surface area contributed by atoms with Gasteiger partial charge in [-0.25, -0.2) is 0 Å². The van der Waals surface area contributed by atoms with Crippen molar-refractivity contribution in [1.82, 2.24) is 4.90 Å². The summed E-state index contributed by atoms with van der Waals surface area (Å²) in [4.78, 5) is 14.0. The van der Waals surface area contributed by atoms with Crippen LogP contribution in [0.4, 0.5) is 0 Å². The summed E-state index contributed by atoms with van der Waals surface area (Å²) in [6.07, 6.45) is 1.57. The zero-order valence-corrected chi connectivity index (χ0v) is 9.89. The number of aliphatic hydroxyl groups excluding tert-OH is 1. The molecule has 0 radical (unpaired) electrons. The number of β-amino-alcohol motifs (C(OH)–C–C–N with tert-alkyl or cyclic N) is 1.